The predicted molar refractivity (Wildman–Crippen MR) is 74.6 cm³/mol. The third-order valence-corrected chi connectivity index (χ3v) is 3.86. The van der Waals surface area contributed by atoms with Gasteiger partial charge < -0.3 is 5.32 Å². The van der Waals surface area contributed by atoms with E-state index >= 15 is 0 Å². The van der Waals surface area contributed by atoms with E-state index in [1.165, 1.54) is 24.7 Å². The number of aryl methyl sites for hydroxylation is 1. The van der Waals surface area contributed by atoms with Crippen molar-refractivity contribution in [1.29, 1.82) is 0 Å². The molecule has 1 aliphatic rings. The van der Waals surface area contributed by atoms with E-state index < -0.39 is 10.0 Å². The van der Waals surface area contributed by atoms with Gasteiger partial charge in [0.2, 0.25) is 10.0 Å². The maximum Gasteiger partial charge on any atom is 0.208 e. The van der Waals surface area contributed by atoms with Crippen molar-refractivity contribution in [3.8, 4) is 0 Å². The fourth-order valence-electron chi connectivity index (χ4n) is 2.23. The maximum absolute atomic E-state index is 10.9. The highest BCUT2D eigenvalue weighted by Crippen LogP contribution is 2.24. The lowest BCUT2D eigenvalue weighted by Gasteiger charge is -2.17. The number of hydrogen-bond acceptors (Lipinski definition) is 5. The van der Waals surface area contributed by atoms with Crippen molar-refractivity contribution in [3.05, 3.63) is 17.6 Å². The molecule has 0 aromatic carbocycles. The molecule has 1 aliphatic carbocycles. The highest BCUT2D eigenvalue weighted by atomic mass is 32.2. The van der Waals surface area contributed by atoms with E-state index in [1.54, 1.807) is 6.33 Å². The van der Waals surface area contributed by atoms with E-state index in [9.17, 15) is 8.42 Å². The lowest BCUT2D eigenvalue weighted by Crippen LogP contribution is -2.24. The molecule has 0 fully saturated rings. The zero-order chi connectivity index (χ0) is 13.7. The summed E-state index contributed by atoms with van der Waals surface area (Å²) in [5.74, 6) is 0.907. The van der Waals surface area contributed by atoms with Gasteiger partial charge in [-0.25, -0.2) is 23.1 Å². The molecule has 2 N–H and O–H groups in total. The number of fused-ring (bicyclic) bond motifs is 1. The van der Waals surface area contributed by atoms with Gasteiger partial charge >= 0.3 is 0 Å². The fourth-order valence-corrected chi connectivity index (χ4v) is 2.74. The first kappa shape index (κ1) is 14.2. The first-order valence-electron chi connectivity index (χ1n) is 6.57. The molecule has 0 saturated heterocycles. The van der Waals surface area contributed by atoms with Gasteiger partial charge in [0.15, 0.2) is 0 Å². The van der Waals surface area contributed by atoms with Gasteiger partial charge in [0, 0.05) is 24.3 Å². The molecule has 1 aromatic heterocycles. The van der Waals surface area contributed by atoms with Crippen LogP contribution in [0.4, 0.5) is 5.82 Å². The van der Waals surface area contributed by atoms with Crippen LogP contribution >= 0.6 is 0 Å². The number of rotatable bonds is 6. The molecule has 7 heteroatoms. The molecule has 6 nitrogen and oxygen atoms in total. The number of anilines is 1. The van der Waals surface area contributed by atoms with Gasteiger partial charge in [-0.3, -0.25) is 0 Å². The van der Waals surface area contributed by atoms with Crippen molar-refractivity contribution in [2.75, 3.05) is 24.7 Å². The standard InChI is InChI=1S/C12H20N4O2S/c1-19(17,18)16-8-4-7-13-12-10-5-2-3-6-11(10)14-9-15-12/h9,16H,2-8H2,1H3,(H,13,14,15). The Morgan fingerprint density at radius 2 is 2.00 bits per heavy atom. The predicted octanol–water partition coefficient (Wildman–Crippen LogP) is 0.707. The number of nitrogens with zero attached hydrogens (tertiary/aromatic N) is 2. The monoisotopic (exact) mass is 284 g/mol. The maximum atomic E-state index is 10.9. The molecule has 0 saturated carbocycles. The van der Waals surface area contributed by atoms with Gasteiger partial charge in [-0.1, -0.05) is 0 Å². The third kappa shape index (κ3) is 4.43. The van der Waals surface area contributed by atoms with E-state index in [0.717, 1.165) is 30.8 Å². The quantitative estimate of drug-likeness (QED) is 0.752. The molecule has 0 spiro atoms. The summed E-state index contributed by atoms with van der Waals surface area (Å²) < 4.78 is 24.3. The largest absolute Gasteiger partial charge is 0.370 e. The van der Waals surface area contributed by atoms with Crippen LogP contribution in [0.25, 0.3) is 0 Å². The Labute approximate surface area is 114 Å². The first-order valence-corrected chi connectivity index (χ1v) is 8.46. The van der Waals surface area contributed by atoms with Crippen LogP contribution in [0.1, 0.15) is 30.5 Å². The summed E-state index contributed by atoms with van der Waals surface area (Å²) in [5, 5.41) is 3.27. The second-order valence-electron chi connectivity index (χ2n) is 4.80. The molecule has 0 aliphatic heterocycles. The van der Waals surface area contributed by atoms with E-state index in [-0.39, 0.29) is 0 Å². The summed E-state index contributed by atoms with van der Waals surface area (Å²) in [7, 11) is -3.09. The van der Waals surface area contributed by atoms with Crippen LogP contribution in [-0.4, -0.2) is 37.7 Å². The Balaban J connectivity index is 1.83. The second kappa shape index (κ2) is 6.29. The molecule has 106 valence electrons. The molecule has 0 amide bonds. The Bertz CT molecular complexity index is 531. The summed E-state index contributed by atoms with van der Waals surface area (Å²) in [6, 6.07) is 0. The highest BCUT2D eigenvalue weighted by molar-refractivity contribution is 7.88. The van der Waals surface area contributed by atoms with Crippen molar-refractivity contribution in [2.45, 2.75) is 32.1 Å². The normalized spacial score (nSPS) is 15.0. The van der Waals surface area contributed by atoms with Gasteiger partial charge in [0.05, 0.1) is 6.26 Å². The van der Waals surface area contributed by atoms with Crippen LogP contribution in [0.5, 0.6) is 0 Å². The molecule has 0 radical (unpaired) electrons. The fraction of sp³-hybridized carbons (Fsp3) is 0.667. The lowest BCUT2D eigenvalue weighted by molar-refractivity contribution is 0.586. The molecule has 1 aromatic rings. The summed E-state index contributed by atoms with van der Waals surface area (Å²) in [6.45, 7) is 1.14. The Morgan fingerprint density at radius 1 is 1.21 bits per heavy atom. The molecule has 19 heavy (non-hydrogen) atoms. The van der Waals surface area contributed by atoms with Gasteiger partial charge in [-0.2, -0.15) is 0 Å². The minimum atomic E-state index is -3.09. The third-order valence-electron chi connectivity index (χ3n) is 3.14. The van der Waals surface area contributed by atoms with Gasteiger partial charge in [-0.05, 0) is 32.1 Å². The number of hydrogen-bond donors (Lipinski definition) is 2. The molecule has 0 bridgehead atoms. The summed E-state index contributed by atoms with van der Waals surface area (Å²) in [6.07, 6.45) is 7.93. The van der Waals surface area contributed by atoms with Crippen molar-refractivity contribution in [1.82, 2.24) is 14.7 Å². The van der Waals surface area contributed by atoms with E-state index in [0.29, 0.717) is 13.1 Å². The zero-order valence-electron chi connectivity index (χ0n) is 11.1. The highest BCUT2D eigenvalue weighted by Gasteiger charge is 2.14. The van der Waals surface area contributed by atoms with E-state index in [1.807, 2.05) is 0 Å². The minimum Gasteiger partial charge on any atom is -0.370 e. The Kier molecular flexibility index (Phi) is 4.71. The van der Waals surface area contributed by atoms with Crippen molar-refractivity contribution in [3.63, 3.8) is 0 Å². The Morgan fingerprint density at radius 3 is 2.79 bits per heavy atom. The Hall–Kier alpha value is -1.21. The van der Waals surface area contributed by atoms with Crippen molar-refractivity contribution >= 4 is 15.8 Å². The number of aromatic nitrogens is 2. The average Bonchev–Trinajstić information content (AvgIpc) is 2.37. The van der Waals surface area contributed by atoms with Crippen LogP contribution in [0, 0.1) is 0 Å². The molecular weight excluding hydrogens is 264 g/mol. The van der Waals surface area contributed by atoms with Gasteiger partial charge in [0.25, 0.3) is 0 Å². The summed E-state index contributed by atoms with van der Waals surface area (Å²) in [5.41, 5.74) is 2.38. The molecule has 2 rings (SSSR count). The lowest BCUT2D eigenvalue weighted by atomic mass is 9.96. The SMILES string of the molecule is CS(=O)(=O)NCCCNc1ncnc2c1CCCC2. The van der Waals surface area contributed by atoms with Crippen LogP contribution in [-0.2, 0) is 22.9 Å². The van der Waals surface area contributed by atoms with Crippen LogP contribution in [0.2, 0.25) is 0 Å². The van der Waals surface area contributed by atoms with Crippen LogP contribution in [0.3, 0.4) is 0 Å². The topological polar surface area (TPSA) is 84.0 Å². The van der Waals surface area contributed by atoms with Crippen molar-refractivity contribution in [2.24, 2.45) is 0 Å². The minimum absolute atomic E-state index is 0.444. The van der Waals surface area contributed by atoms with Crippen LogP contribution < -0.4 is 10.0 Å². The second-order valence-corrected chi connectivity index (χ2v) is 6.63. The van der Waals surface area contributed by atoms with E-state index in [4.69, 9.17) is 0 Å². The molecular formula is C12H20N4O2S. The van der Waals surface area contributed by atoms with Gasteiger partial charge in [-0.15, -0.1) is 0 Å². The first-order chi connectivity index (χ1) is 9.06. The number of nitrogens with one attached hydrogen (secondary N) is 2. The smallest absolute Gasteiger partial charge is 0.208 e. The molecule has 0 unspecified atom stereocenters. The zero-order valence-corrected chi connectivity index (χ0v) is 12.0. The van der Waals surface area contributed by atoms with E-state index in [2.05, 4.69) is 20.0 Å². The van der Waals surface area contributed by atoms with Crippen molar-refractivity contribution < 1.29 is 8.42 Å². The molecule has 0 atom stereocenters. The molecule has 1 heterocycles. The van der Waals surface area contributed by atoms with Crippen LogP contribution in [0.15, 0.2) is 6.33 Å². The average molecular weight is 284 g/mol. The summed E-state index contributed by atoms with van der Waals surface area (Å²) in [4.78, 5) is 8.59. The number of sulfonamides is 1. The van der Waals surface area contributed by atoms with Gasteiger partial charge in [0.1, 0.15) is 12.1 Å². The summed E-state index contributed by atoms with van der Waals surface area (Å²) >= 11 is 0.